The number of allylic oxidation sites excluding steroid dienone is 3. The molecule has 38 heavy (non-hydrogen) atoms. The molecule has 2 aromatic rings. The average molecular weight is 582 g/mol. The van der Waals surface area contributed by atoms with Crippen molar-refractivity contribution in [1.82, 2.24) is 5.32 Å². The van der Waals surface area contributed by atoms with Crippen molar-refractivity contribution >= 4 is 27.7 Å². The molecule has 0 bridgehead atoms. The number of para-hydroxylation sites is 1. The van der Waals surface area contributed by atoms with Crippen molar-refractivity contribution in [3.05, 3.63) is 74.5 Å². The number of benzene rings is 2. The van der Waals surface area contributed by atoms with Gasteiger partial charge in [-0.2, -0.15) is 0 Å². The lowest BCUT2D eigenvalue weighted by Gasteiger charge is -2.37. The second-order valence-corrected chi connectivity index (χ2v) is 11.0. The number of dihydropyridines is 1. The molecule has 5 rings (SSSR count). The second kappa shape index (κ2) is 10.8. The van der Waals surface area contributed by atoms with Crippen LogP contribution in [0.1, 0.15) is 68.4 Å². The summed E-state index contributed by atoms with van der Waals surface area (Å²) in [6, 6.07) is 11.2. The Bertz CT molecular complexity index is 1340. The number of methoxy groups -OCH3 is 2. The normalized spacial score (nSPS) is 21.7. The van der Waals surface area contributed by atoms with E-state index in [1.165, 1.54) is 7.11 Å². The van der Waals surface area contributed by atoms with E-state index in [0.29, 0.717) is 33.3 Å². The molecule has 200 valence electrons. The molecule has 2 atom stereocenters. The highest BCUT2D eigenvalue weighted by atomic mass is 79.9. The number of hydrogen-bond acceptors (Lipinski definition) is 7. The molecule has 7 nitrogen and oxygen atoms in total. The Balaban J connectivity index is 1.60. The third-order valence-electron chi connectivity index (χ3n) is 7.81. The van der Waals surface area contributed by atoms with E-state index >= 15 is 0 Å². The Morgan fingerprint density at radius 3 is 2.47 bits per heavy atom. The van der Waals surface area contributed by atoms with Gasteiger partial charge in [0.1, 0.15) is 11.9 Å². The minimum absolute atomic E-state index is 0.0403. The summed E-state index contributed by atoms with van der Waals surface area (Å²) in [5.74, 6) is -0.207. The summed E-state index contributed by atoms with van der Waals surface area (Å²) in [5, 5.41) is 13.9. The van der Waals surface area contributed by atoms with E-state index in [9.17, 15) is 14.7 Å². The highest BCUT2D eigenvalue weighted by Gasteiger charge is 2.42. The Morgan fingerprint density at radius 2 is 1.76 bits per heavy atom. The Hall–Kier alpha value is -3.26. The minimum atomic E-state index is -0.655. The lowest BCUT2D eigenvalue weighted by Crippen LogP contribution is -2.36. The number of hydrogen-bond donors (Lipinski definition) is 2. The van der Waals surface area contributed by atoms with Crippen LogP contribution in [0.25, 0.3) is 0 Å². The Labute approximate surface area is 231 Å². The van der Waals surface area contributed by atoms with Crippen LogP contribution < -0.4 is 14.8 Å². The number of esters is 1. The molecule has 0 aromatic heterocycles. The quantitative estimate of drug-likeness (QED) is 0.403. The number of ether oxygens (including phenoxy) is 3. The van der Waals surface area contributed by atoms with Gasteiger partial charge in [0.25, 0.3) is 0 Å². The van der Waals surface area contributed by atoms with Gasteiger partial charge >= 0.3 is 5.97 Å². The maximum Gasteiger partial charge on any atom is 0.337 e. The second-order valence-electron chi connectivity index (χ2n) is 10.1. The number of carbonyl (C=O) groups excluding carboxylic acids is 2. The number of Topliss-reactive ketones (excluding diaryl/α,β-unsaturated/α-hetero) is 1. The largest absolute Gasteiger partial charge is 0.503 e. The fraction of sp³-hybridized carbons (Fsp3) is 0.400. The number of halogens is 1. The maximum absolute atomic E-state index is 13.9. The molecule has 3 aliphatic rings. The smallest absolute Gasteiger partial charge is 0.337 e. The van der Waals surface area contributed by atoms with Crippen LogP contribution in [-0.4, -0.2) is 37.2 Å². The first-order valence-corrected chi connectivity index (χ1v) is 13.8. The number of ketones is 1. The van der Waals surface area contributed by atoms with Gasteiger partial charge in [-0.15, -0.1) is 0 Å². The first-order chi connectivity index (χ1) is 18.3. The van der Waals surface area contributed by atoms with Crippen molar-refractivity contribution in [3.63, 3.8) is 0 Å². The van der Waals surface area contributed by atoms with Gasteiger partial charge in [0.15, 0.2) is 17.3 Å². The molecule has 1 aliphatic heterocycles. The maximum atomic E-state index is 13.9. The number of carbonyl (C=O) groups is 2. The summed E-state index contributed by atoms with van der Waals surface area (Å²) in [6.07, 6.45) is 4.55. The summed E-state index contributed by atoms with van der Waals surface area (Å²) >= 11 is 3.41. The van der Waals surface area contributed by atoms with Gasteiger partial charge in [0.05, 0.1) is 24.3 Å². The summed E-state index contributed by atoms with van der Waals surface area (Å²) in [5.41, 5.74) is 4.07. The first-order valence-electron chi connectivity index (χ1n) is 13.0. The van der Waals surface area contributed by atoms with Gasteiger partial charge in [-0.05, 0) is 84.3 Å². The van der Waals surface area contributed by atoms with Crippen LogP contribution in [0.5, 0.6) is 17.2 Å². The molecule has 0 unspecified atom stereocenters. The van der Waals surface area contributed by atoms with Gasteiger partial charge in [0, 0.05) is 35.2 Å². The Kier molecular flexibility index (Phi) is 7.52. The summed E-state index contributed by atoms with van der Waals surface area (Å²) < 4.78 is 17.3. The predicted octanol–water partition coefficient (Wildman–Crippen LogP) is 6.02. The van der Waals surface area contributed by atoms with E-state index in [1.54, 1.807) is 19.2 Å². The topological polar surface area (TPSA) is 94.1 Å². The SMILES string of the molecule is COc1ccccc1[C@H]1CC(=O)C2=C(C1)NC(C)=C(C(=O)OC1CCCC1)[C@@H]2c1cc(Br)c(O)c(OC)c1. The zero-order chi connectivity index (χ0) is 27.0. The summed E-state index contributed by atoms with van der Waals surface area (Å²) in [4.78, 5) is 27.6. The van der Waals surface area contributed by atoms with E-state index < -0.39 is 11.9 Å². The third kappa shape index (κ3) is 4.82. The highest BCUT2D eigenvalue weighted by molar-refractivity contribution is 9.10. The van der Waals surface area contributed by atoms with E-state index in [4.69, 9.17) is 14.2 Å². The highest BCUT2D eigenvalue weighted by Crippen LogP contribution is 2.49. The predicted molar refractivity (Wildman–Crippen MR) is 146 cm³/mol. The first kappa shape index (κ1) is 26.4. The van der Waals surface area contributed by atoms with Gasteiger partial charge in [-0.3, -0.25) is 4.79 Å². The molecule has 1 fully saturated rings. The van der Waals surface area contributed by atoms with Crippen LogP contribution in [-0.2, 0) is 14.3 Å². The lowest BCUT2D eigenvalue weighted by molar-refractivity contribution is -0.144. The van der Waals surface area contributed by atoms with Crippen LogP contribution >= 0.6 is 15.9 Å². The molecule has 1 heterocycles. The van der Waals surface area contributed by atoms with Gasteiger partial charge in [-0.1, -0.05) is 18.2 Å². The third-order valence-corrected chi connectivity index (χ3v) is 8.41. The van der Waals surface area contributed by atoms with Gasteiger partial charge < -0.3 is 24.6 Å². The fourth-order valence-electron chi connectivity index (χ4n) is 6.00. The molecule has 8 heteroatoms. The van der Waals surface area contributed by atoms with Crippen LogP contribution in [0.2, 0.25) is 0 Å². The molecule has 2 N–H and O–H groups in total. The van der Waals surface area contributed by atoms with Gasteiger partial charge in [-0.25, -0.2) is 4.79 Å². The van der Waals surface area contributed by atoms with E-state index in [-0.39, 0.29) is 35.7 Å². The molecule has 0 spiro atoms. The molecule has 0 saturated heterocycles. The minimum Gasteiger partial charge on any atom is -0.503 e. The average Bonchev–Trinajstić information content (AvgIpc) is 3.42. The van der Waals surface area contributed by atoms with Crippen LogP contribution in [0.3, 0.4) is 0 Å². The van der Waals surface area contributed by atoms with Crippen molar-refractivity contribution in [2.75, 3.05) is 14.2 Å². The van der Waals surface area contributed by atoms with Crippen molar-refractivity contribution in [2.24, 2.45) is 0 Å². The monoisotopic (exact) mass is 581 g/mol. The van der Waals surface area contributed by atoms with E-state index in [1.807, 2.05) is 31.2 Å². The molecule has 0 radical (unpaired) electrons. The number of phenolic OH excluding ortho intramolecular Hbond substituents is 1. The zero-order valence-electron chi connectivity index (χ0n) is 21.8. The molecule has 2 aliphatic carbocycles. The summed E-state index contributed by atoms with van der Waals surface area (Å²) in [6.45, 7) is 1.85. The van der Waals surface area contributed by atoms with Crippen molar-refractivity contribution in [1.29, 1.82) is 0 Å². The van der Waals surface area contributed by atoms with E-state index in [2.05, 4.69) is 21.2 Å². The number of nitrogens with one attached hydrogen (secondary N) is 1. The lowest BCUT2D eigenvalue weighted by atomic mass is 9.71. The summed E-state index contributed by atoms with van der Waals surface area (Å²) in [7, 11) is 3.10. The standard InChI is InChI=1S/C30H32BrNO6/c1-16-26(30(35)38-19-8-4-5-9-19)27(18-12-21(31)29(34)25(15-18)37-3)28-22(32-16)13-17(14-23(28)33)20-10-6-7-11-24(20)36-2/h6-7,10-12,15,17,19,27,32,34H,4-5,8-9,13-14H2,1-3H3/t17-,27+/m1/s1. The Morgan fingerprint density at radius 1 is 1.05 bits per heavy atom. The zero-order valence-corrected chi connectivity index (χ0v) is 23.4. The van der Waals surface area contributed by atoms with Crippen molar-refractivity contribution < 1.29 is 28.9 Å². The molecule has 2 aromatic carbocycles. The number of rotatable bonds is 6. The number of phenols is 1. The molecular weight excluding hydrogens is 550 g/mol. The molecule has 1 saturated carbocycles. The molecule has 0 amide bonds. The number of aromatic hydroxyl groups is 1. The fourth-order valence-corrected chi connectivity index (χ4v) is 6.46. The molecular formula is C30H32BrNO6. The van der Waals surface area contributed by atoms with Crippen LogP contribution in [0.15, 0.2) is 63.4 Å². The van der Waals surface area contributed by atoms with Gasteiger partial charge in [0.2, 0.25) is 0 Å². The van der Waals surface area contributed by atoms with Crippen molar-refractivity contribution in [3.8, 4) is 17.2 Å². The van der Waals surface area contributed by atoms with Crippen LogP contribution in [0.4, 0.5) is 0 Å². The van der Waals surface area contributed by atoms with E-state index in [0.717, 1.165) is 42.7 Å². The van der Waals surface area contributed by atoms with Crippen LogP contribution in [0, 0.1) is 0 Å². The van der Waals surface area contributed by atoms with Crippen molar-refractivity contribution in [2.45, 2.75) is 63.4 Å².